The van der Waals surface area contributed by atoms with Gasteiger partial charge in [-0.15, -0.1) is 0 Å². The van der Waals surface area contributed by atoms with Crippen molar-refractivity contribution in [1.29, 1.82) is 0 Å². The fraction of sp³-hybridized carbons (Fsp3) is 0.417. The molecule has 1 aromatic heterocycles. The number of ether oxygens (including phenoxy) is 2. The van der Waals surface area contributed by atoms with Crippen LogP contribution < -0.4 is 9.04 Å². The molecule has 1 fully saturated rings. The van der Waals surface area contributed by atoms with E-state index in [0.717, 1.165) is 24.8 Å². The van der Waals surface area contributed by atoms with Gasteiger partial charge < -0.3 is 14.6 Å². The van der Waals surface area contributed by atoms with Crippen molar-refractivity contribution in [2.75, 3.05) is 24.1 Å². The Bertz CT molecular complexity index is 1160. The van der Waals surface area contributed by atoms with Crippen LogP contribution in [-0.4, -0.2) is 50.3 Å². The van der Waals surface area contributed by atoms with Crippen molar-refractivity contribution in [2.24, 2.45) is 5.92 Å². The lowest BCUT2D eigenvalue weighted by Crippen LogP contribution is -2.42. The molecule has 1 N–H and O–H groups in total. The Morgan fingerprint density at radius 2 is 2.06 bits per heavy atom. The molecule has 33 heavy (non-hydrogen) atoms. The number of benzene rings is 1. The van der Waals surface area contributed by atoms with Gasteiger partial charge >= 0.3 is 5.97 Å². The third-order valence-electron chi connectivity index (χ3n) is 6.22. The zero-order valence-corrected chi connectivity index (χ0v) is 19.4. The van der Waals surface area contributed by atoms with Crippen LogP contribution >= 0.6 is 0 Å². The number of aromatic nitrogens is 1. The number of hydrogen-bond acceptors (Lipinski definition) is 6. The molecule has 9 heteroatoms. The number of fused-ring (bicyclic) bond motifs is 1. The standard InChI is InChI=1S/C24H28N2O6S/c1-3-19-12-18-5-4-16(2)26(22(18)14-25-19)33(29,30)20-6-7-23(21(13-20)24(27)28)32-15-17-8-10-31-11-9-17/h3,6-7,12-14,16-17H,1,4-5,8-11,15H2,2H3,(H,27,28). The third kappa shape index (κ3) is 4.74. The number of anilines is 1. The maximum atomic E-state index is 13.6. The first kappa shape index (κ1) is 23.3. The molecule has 0 radical (unpaired) electrons. The Morgan fingerprint density at radius 3 is 2.76 bits per heavy atom. The van der Waals surface area contributed by atoms with E-state index in [4.69, 9.17) is 9.47 Å². The van der Waals surface area contributed by atoms with Gasteiger partial charge in [-0.2, -0.15) is 0 Å². The Balaban J connectivity index is 1.66. The number of pyridine rings is 1. The van der Waals surface area contributed by atoms with Crippen molar-refractivity contribution in [3.63, 3.8) is 0 Å². The topological polar surface area (TPSA) is 106 Å². The van der Waals surface area contributed by atoms with E-state index in [1.165, 1.54) is 22.5 Å². The predicted octanol–water partition coefficient (Wildman–Crippen LogP) is 3.76. The van der Waals surface area contributed by atoms with Crippen molar-refractivity contribution < 1.29 is 27.8 Å². The Hall–Kier alpha value is -2.91. The molecule has 176 valence electrons. The summed E-state index contributed by atoms with van der Waals surface area (Å²) in [5.74, 6) is -0.793. The molecular formula is C24H28N2O6S. The number of nitrogens with zero attached hydrogens (tertiary/aromatic N) is 2. The molecule has 2 aromatic rings. The number of carboxylic acids is 1. The van der Waals surface area contributed by atoms with Gasteiger partial charge in [-0.3, -0.25) is 9.29 Å². The average molecular weight is 473 g/mol. The zero-order valence-electron chi connectivity index (χ0n) is 18.6. The first-order valence-electron chi connectivity index (χ1n) is 11.0. The first-order valence-corrected chi connectivity index (χ1v) is 12.5. The largest absolute Gasteiger partial charge is 0.492 e. The van der Waals surface area contributed by atoms with Crippen molar-refractivity contribution in [3.05, 3.63) is 53.9 Å². The van der Waals surface area contributed by atoms with E-state index in [1.54, 1.807) is 12.3 Å². The van der Waals surface area contributed by atoms with Gasteiger partial charge in [0.2, 0.25) is 0 Å². The average Bonchev–Trinajstić information content (AvgIpc) is 2.82. The number of aromatic carboxylic acids is 1. The molecule has 0 saturated carbocycles. The van der Waals surface area contributed by atoms with Gasteiger partial charge in [0.15, 0.2) is 0 Å². The van der Waals surface area contributed by atoms with E-state index in [-0.39, 0.29) is 28.2 Å². The smallest absolute Gasteiger partial charge is 0.339 e. The van der Waals surface area contributed by atoms with Gasteiger partial charge in [-0.05, 0) is 74.4 Å². The third-order valence-corrected chi connectivity index (χ3v) is 8.14. The number of rotatable bonds is 7. The molecule has 2 aliphatic heterocycles. The van der Waals surface area contributed by atoms with Crippen LogP contribution in [0.25, 0.3) is 6.08 Å². The predicted molar refractivity (Wildman–Crippen MR) is 124 cm³/mol. The lowest BCUT2D eigenvalue weighted by molar-refractivity contribution is 0.0490. The summed E-state index contributed by atoms with van der Waals surface area (Å²) in [6.45, 7) is 7.25. The van der Waals surface area contributed by atoms with Crippen LogP contribution in [0.5, 0.6) is 5.75 Å². The summed E-state index contributed by atoms with van der Waals surface area (Å²) in [7, 11) is -4.02. The summed E-state index contributed by atoms with van der Waals surface area (Å²) < 4.78 is 39.7. The molecule has 8 nitrogen and oxygen atoms in total. The number of sulfonamides is 1. The van der Waals surface area contributed by atoms with E-state index in [9.17, 15) is 18.3 Å². The summed E-state index contributed by atoms with van der Waals surface area (Å²) in [6.07, 6.45) is 6.24. The maximum Gasteiger partial charge on any atom is 0.339 e. The van der Waals surface area contributed by atoms with E-state index in [2.05, 4.69) is 11.6 Å². The van der Waals surface area contributed by atoms with E-state index < -0.39 is 16.0 Å². The van der Waals surface area contributed by atoms with E-state index >= 15 is 0 Å². The Morgan fingerprint density at radius 1 is 1.30 bits per heavy atom. The van der Waals surface area contributed by atoms with Crippen molar-refractivity contribution in [2.45, 2.75) is 43.5 Å². The number of carbonyl (C=O) groups is 1. The number of hydrogen-bond donors (Lipinski definition) is 1. The minimum Gasteiger partial charge on any atom is -0.492 e. The number of aryl methyl sites for hydroxylation is 1. The molecular weight excluding hydrogens is 444 g/mol. The molecule has 0 bridgehead atoms. The van der Waals surface area contributed by atoms with Crippen LogP contribution in [0.1, 0.15) is 47.8 Å². The van der Waals surface area contributed by atoms with Gasteiger partial charge in [0, 0.05) is 19.3 Å². The maximum absolute atomic E-state index is 13.6. The monoisotopic (exact) mass is 472 g/mol. The molecule has 0 amide bonds. The van der Waals surface area contributed by atoms with Crippen LogP contribution in [0, 0.1) is 5.92 Å². The second-order valence-electron chi connectivity index (χ2n) is 8.46. The van der Waals surface area contributed by atoms with Gasteiger partial charge in [-0.25, -0.2) is 13.2 Å². The van der Waals surface area contributed by atoms with Gasteiger partial charge in [-0.1, -0.05) is 6.58 Å². The summed E-state index contributed by atoms with van der Waals surface area (Å²) in [4.78, 5) is 16.1. The summed E-state index contributed by atoms with van der Waals surface area (Å²) in [5, 5.41) is 9.74. The Kier molecular flexibility index (Phi) is 6.71. The molecule has 0 aliphatic carbocycles. The van der Waals surface area contributed by atoms with Gasteiger partial charge in [0.05, 0.1) is 29.1 Å². The fourth-order valence-corrected chi connectivity index (χ4v) is 6.04. The molecule has 1 unspecified atom stereocenters. The normalized spacial score (nSPS) is 19.1. The minimum atomic E-state index is -4.02. The van der Waals surface area contributed by atoms with E-state index in [1.807, 2.05) is 13.0 Å². The molecule has 2 aliphatic rings. The van der Waals surface area contributed by atoms with Crippen LogP contribution in [0.3, 0.4) is 0 Å². The van der Waals surface area contributed by atoms with Crippen molar-refractivity contribution in [1.82, 2.24) is 4.98 Å². The molecule has 4 rings (SSSR count). The van der Waals surface area contributed by atoms with Crippen LogP contribution in [-0.2, 0) is 21.2 Å². The lowest BCUT2D eigenvalue weighted by atomic mass is 10.00. The fourth-order valence-electron chi connectivity index (χ4n) is 4.30. The molecule has 1 saturated heterocycles. The summed E-state index contributed by atoms with van der Waals surface area (Å²) in [5.41, 5.74) is 1.89. The van der Waals surface area contributed by atoms with Crippen molar-refractivity contribution >= 4 is 27.8 Å². The highest BCUT2D eigenvalue weighted by Gasteiger charge is 2.35. The molecule has 1 atom stereocenters. The number of carboxylic acid groups (broad SMARTS) is 1. The minimum absolute atomic E-state index is 0.0918. The van der Waals surface area contributed by atoms with Crippen molar-refractivity contribution in [3.8, 4) is 5.75 Å². The molecule has 1 aromatic carbocycles. The summed E-state index contributed by atoms with van der Waals surface area (Å²) in [6, 6.07) is 5.57. The zero-order chi connectivity index (χ0) is 23.6. The molecule has 0 spiro atoms. The highest BCUT2D eigenvalue weighted by Crippen LogP contribution is 2.36. The first-order chi connectivity index (χ1) is 15.8. The Labute approximate surface area is 193 Å². The van der Waals surface area contributed by atoms with E-state index in [0.29, 0.717) is 37.6 Å². The van der Waals surface area contributed by atoms with Gasteiger partial charge in [0.25, 0.3) is 10.0 Å². The molecule has 3 heterocycles. The van der Waals surface area contributed by atoms with Gasteiger partial charge in [0.1, 0.15) is 11.3 Å². The van der Waals surface area contributed by atoms with Crippen LogP contribution in [0.15, 0.2) is 41.9 Å². The second-order valence-corrected chi connectivity index (χ2v) is 10.3. The highest BCUT2D eigenvalue weighted by atomic mass is 32.2. The second kappa shape index (κ2) is 9.52. The SMILES string of the molecule is C=Cc1cc2c(cn1)N(S(=O)(=O)c1ccc(OCC3CCOCC3)c(C(=O)O)c1)C(C)CC2. The lowest BCUT2D eigenvalue weighted by Gasteiger charge is -2.35. The quantitative estimate of drug-likeness (QED) is 0.654. The van der Waals surface area contributed by atoms with Crippen LogP contribution in [0.4, 0.5) is 5.69 Å². The summed E-state index contributed by atoms with van der Waals surface area (Å²) >= 11 is 0. The highest BCUT2D eigenvalue weighted by molar-refractivity contribution is 7.92. The van der Waals surface area contributed by atoms with Crippen LogP contribution in [0.2, 0.25) is 0 Å².